The number of halogens is 4. The molecule has 13 heteroatoms. The van der Waals surface area contributed by atoms with Crippen molar-refractivity contribution in [2.24, 2.45) is 7.05 Å². The van der Waals surface area contributed by atoms with Crippen LogP contribution in [0.4, 0.5) is 23.2 Å². The molecule has 8 nitrogen and oxygen atoms in total. The fourth-order valence-electron chi connectivity index (χ4n) is 3.57. The lowest BCUT2D eigenvalue weighted by molar-refractivity contribution is -0.137. The van der Waals surface area contributed by atoms with Gasteiger partial charge in [-0.05, 0) is 18.2 Å². The molecule has 2 aromatic carbocycles. The molecule has 0 bridgehead atoms. The maximum atomic E-state index is 14.8. The molecule has 0 spiro atoms. The number of carbonyl (C=O) groups is 1. The molecule has 4 aromatic rings. The van der Waals surface area contributed by atoms with E-state index in [1.54, 1.807) is 30.3 Å². The van der Waals surface area contributed by atoms with E-state index >= 15 is 0 Å². The second-order valence-corrected chi connectivity index (χ2v) is 10.3. The Morgan fingerprint density at radius 1 is 1.11 bits per heavy atom. The van der Waals surface area contributed by atoms with Crippen LogP contribution in [0.5, 0.6) is 0 Å². The summed E-state index contributed by atoms with van der Waals surface area (Å²) >= 11 is 0. The third-order valence-electron chi connectivity index (χ3n) is 5.17. The van der Waals surface area contributed by atoms with Gasteiger partial charge in [0.2, 0.25) is 0 Å². The van der Waals surface area contributed by atoms with Crippen molar-refractivity contribution in [2.75, 3.05) is 11.6 Å². The quantitative estimate of drug-likeness (QED) is 0.366. The van der Waals surface area contributed by atoms with Crippen molar-refractivity contribution in [3.05, 3.63) is 83.7 Å². The lowest BCUT2D eigenvalue weighted by Gasteiger charge is -2.15. The van der Waals surface area contributed by atoms with Crippen LogP contribution in [0.1, 0.15) is 21.7 Å². The fraction of sp³-hybridized carbons (Fsp3) is 0.167. The third-order valence-corrected chi connectivity index (χ3v) is 5.95. The van der Waals surface area contributed by atoms with Crippen LogP contribution in [0.3, 0.4) is 0 Å². The number of carbonyl (C=O) groups excluding carboxylic acids is 1. The van der Waals surface area contributed by atoms with E-state index in [1.165, 1.54) is 24.0 Å². The molecule has 0 fully saturated rings. The number of amides is 1. The van der Waals surface area contributed by atoms with E-state index in [9.17, 15) is 30.8 Å². The molecule has 37 heavy (non-hydrogen) atoms. The van der Waals surface area contributed by atoms with Crippen molar-refractivity contribution in [3.8, 4) is 22.5 Å². The normalized spacial score (nSPS) is 11.9. The zero-order valence-corrected chi connectivity index (χ0v) is 20.2. The van der Waals surface area contributed by atoms with Crippen LogP contribution in [-0.2, 0) is 28.8 Å². The molecule has 0 aliphatic heterocycles. The van der Waals surface area contributed by atoms with Gasteiger partial charge < -0.3 is 5.32 Å². The Balaban J connectivity index is 1.78. The van der Waals surface area contributed by atoms with Crippen molar-refractivity contribution in [3.63, 3.8) is 0 Å². The largest absolute Gasteiger partial charge is 0.417 e. The number of alkyl halides is 3. The molecule has 0 aliphatic carbocycles. The van der Waals surface area contributed by atoms with Crippen LogP contribution in [0.2, 0.25) is 0 Å². The Morgan fingerprint density at radius 2 is 1.81 bits per heavy atom. The first-order valence-corrected chi connectivity index (χ1v) is 12.7. The first-order valence-electron chi connectivity index (χ1n) is 10.6. The summed E-state index contributed by atoms with van der Waals surface area (Å²) in [5.74, 6) is -2.93. The number of aromatic nitrogens is 4. The summed E-state index contributed by atoms with van der Waals surface area (Å²) in [4.78, 5) is 21.3. The van der Waals surface area contributed by atoms with Crippen molar-refractivity contribution in [1.82, 2.24) is 19.7 Å². The zero-order valence-electron chi connectivity index (χ0n) is 19.4. The van der Waals surface area contributed by atoms with E-state index in [-0.39, 0.29) is 29.0 Å². The maximum Gasteiger partial charge on any atom is 0.417 e. The van der Waals surface area contributed by atoms with Gasteiger partial charge in [-0.3, -0.25) is 9.48 Å². The first-order chi connectivity index (χ1) is 17.3. The zero-order chi connectivity index (χ0) is 27.0. The fourth-order valence-corrected chi connectivity index (χ4v) is 4.18. The maximum absolute atomic E-state index is 14.8. The van der Waals surface area contributed by atoms with Crippen molar-refractivity contribution < 1.29 is 30.8 Å². The van der Waals surface area contributed by atoms with E-state index in [4.69, 9.17) is 0 Å². The number of aryl methyl sites for hydroxylation is 1. The molecule has 0 saturated heterocycles. The summed E-state index contributed by atoms with van der Waals surface area (Å²) in [6, 6.07) is 10.8. The number of nitrogens with one attached hydrogen (secondary N) is 1. The Kier molecular flexibility index (Phi) is 6.82. The van der Waals surface area contributed by atoms with Gasteiger partial charge in [0, 0.05) is 30.6 Å². The molecule has 0 radical (unpaired) electrons. The molecule has 1 amide bonds. The standard InChI is InChI=1S/C24H19F4N5O3S/c1-33-9-8-19(32-33)15-10-16(18(25)11-17(15)24(26,27)28)23(34)30-20-12-29-21(13-37(2,35)36)31-22(20)14-6-4-3-5-7-14/h3-12H,13H2,1-2H3,(H,30,34). The minimum Gasteiger partial charge on any atom is -0.319 e. The second kappa shape index (κ2) is 9.73. The van der Waals surface area contributed by atoms with Gasteiger partial charge in [0.05, 0.1) is 34.4 Å². The van der Waals surface area contributed by atoms with Gasteiger partial charge >= 0.3 is 6.18 Å². The van der Waals surface area contributed by atoms with Crippen LogP contribution >= 0.6 is 0 Å². The van der Waals surface area contributed by atoms with Gasteiger partial charge in [0.1, 0.15) is 17.4 Å². The van der Waals surface area contributed by atoms with Gasteiger partial charge in [-0.1, -0.05) is 30.3 Å². The van der Waals surface area contributed by atoms with Crippen molar-refractivity contribution in [2.45, 2.75) is 11.9 Å². The number of benzene rings is 2. The van der Waals surface area contributed by atoms with Crippen LogP contribution in [0.15, 0.2) is 60.9 Å². The molecule has 0 saturated carbocycles. The minimum absolute atomic E-state index is 0.00661. The third kappa shape index (κ3) is 6.00. The molecule has 0 aliphatic rings. The molecule has 1 N–H and O–H groups in total. The topological polar surface area (TPSA) is 107 Å². The van der Waals surface area contributed by atoms with Gasteiger partial charge in [0.15, 0.2) is 9.84 Å². The highest BCUT2D eigenvalue weighted by Crippen LogP contribution is 2.38. The molecule has 2 aromatic heterocycles. The molecule has 4 rings (SSSR count). The summed E-state index contributed by atoms with van der Waals surface area (Å²) in [7, 11) is -1.96. The Morgan fingerprint density at radius 3 is 2.41 bits per heavy atom. The van der Waals surface area contributed by atoms with Gasteiger partial charge in [-0.15, -0.1) is 0 Å². The number of nitrogens with zero attached hydrogens (tertiary/aromatic N) is 4. The predicted molar refractivity (Wildman–Crippen MR) is 128 cm³/mol. The van der Waals surface area contributed by atoms with Crippen molar-refractivity contribution in [1.29, 1.82) is 0 Å². The molecular formula is C24H19F4N5O3S. The second-order valence-electron chi connectivity index (χ2n) is 8.19. The van der Waals surface area contributed by atoms with Crippen LogP contribution in [0, 0.1) is 5.82 Å². The Bertz CT molecular complexity index is 1590. The van der Waals surface area contributed by atoms with E-state index in [2.05, 4.69) is 20.4 Å². The lowest BCUT2D eigenvalue weighted by atomic mass is 9.99. The highest BCUT2D eigenvalue weighted by Gasteiger charge is 2.36. The number of sulfone groups is 1. The van der Waals surface area contributed by atoms with Crippen LogP contribution < -0.4 is 5.32 Å². The van der Waals surface area contributed by atoms with E-state index in [0.717, 1.165) is 18.5 Å². The van der Waals surface area contributed by atoms with Gasteiger partial charge in [-0.25, -0.2) is 22.8 Å². The Labute approximate surface area is 208 Å². The van der Waals surface area contributed by atoms with Crippen LogP contribution in [-0.4, -0.2) is 40.3 Å². The molecule has 0 unspecified atom stereocenters. The van der Waals surface area contributed by atoms with E-state index < -0.39 is 50.2 Å². The highest BCUT2D eigenvalue weighted by molar-refractivity contribution is 7.89. The van der Waals surface area contributed by atoms with Gasteiger partial charge in [-0.2, -0.15) is 18.3 Å². The van der Waals surface area contributed by atoms with E-state index in [1.807, 2.05) is 0 Å². The predicted octanol–water partition coefficient (Wildman–Crippen LogP) is 4.50. The molecule has 2 heterocycles. The SMILES string of the molecule is Cn1ccc(-c2cc(C(=O)Nc3cnc(CS(C)(=O)=O)nc3-c3ccccc3)c(F)cc2C(F)(F)F)n1. The summed E-state index contributed by atoms with van der Waals surface area (Å²) in [5, 5.41) is 6.39. The highest BCUT2D eigenvalue weighted by atomic mass is 32.2. The first kappa shape index (κ1) is 25.9. The number of rotatable bonds is 6. The summed E-state index contributed by atoms with van der Waals surface area (Å²) < 4.78 is 80.4. The molecule has 192 valence electrons. The minimum atomic E-state index is -4.90. The average Bonchev–Trinajstić information content (AvgIpc) is 3.25. The van der Waals surface area contributed by atoms with E-state index in [0.29, 0.717) is 5.56 Å². The number of hydrogen-bond donors (Lipinski definition) is 1. The summed E-state index contributed by atoms with van der Waals surface area (Å²) in [6.45, 7) is 0. The lowest BCUT2D eigenvalue weighted by Crippen LogP contribution is -2.18. The average molecular weight is 534 g/mol. The summed E-state index contributed by atoms with van der Waals surface area (Å²) in [5.41, 5.74) is -1.85. The van der Waals surface area contributed by atoms with Crippen molar-refractivity contribution >= 4 is 21.4 Å². The smallest absolute Gasteiger partial charge is 0.319 e. The monoisotopic (exact) mass is 533 g/mol. The number of anilines is 1. The summed E-state index contributed by atoms with van der Waals surface area (Å²) in [6.07, 6.45) is -1.30. The molecular weight excluding hydrogens is 514 g/mol. The van der Waals surface area contributed by atoms with Gasteiger partial charge in [0.25, 0.3) is 5.91 Å². The number of hydrogen-bond acceptors (Lipinski definition) is 6. The molecule has 0 atom stereocenters. The Hall–Kier alpha value is -4.13. The van der Waals surface area contributed by atoms with Crippen LogP contribution in [0.25, 0.3) is 22.5 Å².